The number of amides is 1. The van der Waals surface area contributed by atoms with E-state index >= 15 is 0 Å². The maximum atomic E-state index is 12.4. The highest BCUT2D eigenvalue weighted by molar-refractivity contribution is 6.36. The van der Waals surface area contributed by atoms with Crippen molar-refractivity contribution in [2.75, 3.05) is 27.6 Å². The summed E-state index contributed by atoms with van der Waals surface area (Å²) in [6.45, 7) is 1.96. The van der Waals surface area contributed by atoms with Gasteiger partial charge in [-0.25, -0.2) is 10.2 Å². The molecule has 2 aliphatic rings. The Labute approximate surface area is 207 Å². The molecule has 190 valence electrons. The van der Waals surface area contributed by atoms with Gasteiger partial charge in [0, 0.05) is 24.0 Å². The number of oxime groups is 1. The van der Waals surface area contributed by atoms with E-state index < -0.39 is 12.1 Å². The van der Waals surface area contributed by atoms with Gasteiger partial charge in [0.2, 0.25) is 24.2 Å². The molecule has 11 nitrogen and oxygen atoms in total. The van der Waals surface area contributed by atoms with E-state index in [0.717, 1.165) is 5.56 Å². The summed E-state index contributed by atoms with van der Waals surface area (Å²) in [4.78, 5) is 29.9. The average Bonchev–Trinajstić information content (AvgIpc) is 3.55. The summed E-state index contributed by atoms with van der Waals surface area (Å²) in [6.07, 6.45) is 1.70. The molecule has 2 aromatic rings. The number of rotatable bonds is 10. The summed E-state index contributed by atoms with van der Waals surface area (Å²) >= 11 is 0. The number of methoxy groups -OCH3 is 2. The molecule has 1 N–H and O–H groups in total. The minimum absolute atomic E-state index is 0.00799. The molecule has 4 rings (SSSR count). The summed E-state index contributed by atoms with van der Waals surface area (Å²) in [5.41, 5.74) is 4.75. The number of benzene rings is 2. The van der Waals surface area contributed by atoms with Gasteiger partial charge in [-0.2, -0.15) is 5.10 Å². The molecular weight excluding hydrogens is 470 g/mol. The van der Waals surface area contributed by atoms with Crippen LogP contribution in [0.5, 0.6) is 23.0 Å². The summed E-state index contributed by atoms with van der Waals surface area (Å²) in [5, 5.41) is 8.03. The van der Waals surface area contributed by atoms with E-state index in [1.807, 2.05) is 30.3 Å². The number of hydrogen-bond acceptors (Lipinski definition) is 10. The van der Waals surface area contributed by atoms with Gasteiger partial charge in [0.1, 0.15) is 6.10 Å². The van der Waals surface area contributed by atoms with Crippen molar-refractivity contribution < 1.29 is 38.1 Å². The third kappa shape index (κ3) is 5.35. The number of ether oxygens (including phenoxy) is 5. The van der Waals surface area contributed by atoms with Crippen molar-refractivity contribution in [3.8, 4) is 23.0 Å². The predicted octanol–water partition coefficient (Wildman–Crippen LogP) is 2.38. The minimum Gasteiger partial charge on any atom is -0.492 e. The predicted molar refractivity (Wildman–Crippen MR) is 129 cm³/mol. The Morgan fingerprint density at radius 1 is 1.14 bits per heavy atom. The van der Waals surface area contributed by atoms with Gasteiger partial charge >= 0.3 is 5.97 Å². The summed E-state index contributed by atoms with van der Waals surface area (Å²) in [6, 6.07) is 9.34. The summed E-state index contributed by atoms with van der Waals surface area (Å²) in [5.74, 6) is 0.734. The van der Waals surface area contributed by atoms with Crippen LogP contribution in [0.25, 0.3) is 0 Å². The molecule has 0 unspecified atom stereocenters. The fraction of sp³-hybridized carbons (Fsp3) is 0.360. The fourth-order valence-corrected chi connectivity index (χ4v) is 3.98. The van der Waals surface area contributed by atoms with E-state index in [4.69, 9.17) is 28.5 Å². The quantitative estimate of drug-likeness (QED) is 0.301. The lowest BCUT2D eigenvalue weighted by atomic mass is 9.96. The van der Waals surface area contributed by atoms with E-state index in [-0.39, 0.29) is 44.3 Å². The van der Waals surface area contributed by atoms with Crippen LogP contribution >= 0.6 is 0 Å². The van der Waals surface area contributed by atoms with Crippen LogP contribution in [-0.4, -0.2) is 57.5 Å². The first-order valence-corrected chi connectivity index (χ1v) is 11.4. The van der Waals surface area contributed by atoms with Gasteiger partial charge in [-0.15, -0.1) is 0 Å². The van der Waals surface area contributed by atoms with E-state index in [2.05, 4.69) is 15.7 Å². The molecule has 0 aliphatic carbocycles. The number of carbonyl (C=O) groups excluding carboxylic acids is 2. The zero-order chi connectivity index (χ0) is 25.5. The van der Waals surface area contributed by atoms with Gasteiger partial charge in [0.05, 0.1) is 33.5 Å². The summed E-state index contributed by atoms with van der Waals surface area (Å²) < 4.78 is 27.6. The third-order valence-electron chi connectivity index (χ3n) is 5.54. The van der Waals surface area contributed by atoms with E-state index in [0.29, 0.717) is 34.1 Å². The Kier molecular flexibility index (Phi) is 7.89. The maximum Gasteiger partial charge on any atom is 0.356 e. The number of esters is 1. The van der Waals surface area contributed by atoms with E-state index in [1.165, 1.54) is 20.4 Å². The van der Waals surface area contributed by atoms with Gasteiger partial charge in [-0.1, -0.05) is 35.5 Å². The average molecular weight is 498 g/mol. The van der Waals surface area contributed by atoms with Crippen LogP contribution in [0.1, 0.15) is 30.0 Å². The second kappa shape index (κ2) is 11.4. The Bertz CT molecular complexity index is 1180. The first-order valence-electron chi connectivity index (χ1n) is 11.4. The molecule has 1 amide bonds. The normalized spacial score (nSPS) is 15.9. The van der Waals surface area contributed by atoms with Crippen LogP contribution in [0.15, 0.2) is 40.6 Å². The lowest BCUT2D eigenvalue weighted by molar-refractivity contribution is -0.135. The van der Waals surface area contributed by atoms with Crippen LogP contribution in [-0.2, 0) is 32.0 Å². The molecule has 0 aromatic heterocycles. The zero-order valence-electron chi connectivity index (χ0n) is 20.2. The Morgan fingerprint density at radius 2 is 1.86 bits per heavy atom. The minimum atomic E-state index is -0.516. The molecule has 2 aliphatic heterocycles. The summed E-state index contributed by atoms with van der Waals surface area (Å²) in [7, 11) is 3.00. The van der Waals surface area contributed by atoms with Crippen molar-refractivity contribution in [3.63, 3.8) is 0 Å². The molecule has 36 heavy (non-hydrogen) atoms. The fourth-order valence-electron chi connectivity index (χ4n) is 3.98. The SMILES string of the molecule is CCOC(=O)C1=NO[C@@H](Cc2c(/C=N\NC(=O)Cc3ccccc3)c(OC)c3c(c2OC)OCO3)C1. The maximum absolute atomic E-state index is 12.4. The first kappa shape index (κ1) is 24.8. The molecule has 0 fully saturated rings. The first-order chi connectivity index (χ1) is 17.5. The van der Waals surface area contributed by atoms with Crippen LogP contribution in [0, 0.1) is 0 Å². The van der Waals surface area contributed by atoms with Crippen molar-refractivity contribution in [3.05, 3.63) is 47.0 Å². The lowest BCUT2D eigenvalue weighted by Gasteiger charge is -2.19. The highest BCUT2D eigenvalue weighted by Crippen LogP contribution is 2.52. The van der Waals surface area contributed by atoms with Gasteiger partial charge in [0.25, 0.3) is 0 Å². The molecule has 2 aromatic carbocycles. The van der Waals surface area contributed by atoms with Crippen molar-refractivity contribution in [2.45, 2.75) is 32.3 Å². The van der Waals surface area contributed by atoms with Gasteiger partial charge in [-0.05, 0) is 12.5 Å². The molecule has 0 saturated carbocycles. The van der Waals surface area contributed by atoms with Crippen molar-refractivity contribution in [2.24, 2.45) is 10.3 Å². The Morgan fingerprint density at radius 3 is 2.56 bits per heavy atom. The molecular formula is C25H27N3O8. The largest absolute Gasteiger partial charge is 0.492 e. The van der Waals surface area contributed by atoms with Crippen molar-refractivity contribution in [1.29, 1.82) is 0 Å². The van der Waals surface area contributed by atoms with Crippen LogP contribution in [0.3, 0.4) is 0 Å². The molecule has 11 heteroatoms. The van der Waals surface area contributed by atoms with Crippen LogP contribution < -0.4 is 24.4 Å². The van der Waals surface area contributed by atoms with Gasteiger partial charge in [-0.3, -0.25) is 4.79 Å². The van der Waals surface area contributed by atoms with Crippen LogP contribution in [0.2, 0.25) is 0 Å². The highest BCUT2D eigenvalue weighted by Gasteiger charge is 2.34. The molecule has 2 heterocycles. The zero-order valence-corrected chi connectivity index (χ0v) is 20.2. The molecule has 1 atom stereocenters. The Balaban J connectivity index is 1.60. The standard InChI is InChI=1S/C25H27N3O8/c1-4-33-25(30)19-12-16(36-28-19)11-17-18(13-26-27-20(29)10-15-8-6-5-7-9-15)22(32-3)24-23(21(17)31-2)34-14-35-24/h5-9,13,16H,4,10-12,14H2,1-3H3,(H,27,29)/b26-13-/t16-/m0/s1. The topological polar surface area (TPSA) is 126 Å². The number of hydrogen-bond donors (Lipinski definition) is 1. The lowest BCUT2D eigenvalue weighted by Crippen LogP contribution is -2.21. The molecule has 0 saturated heterocycles. The van der Waals surface area contributed by atoms with Crippen molar-refractivity contribution in [1.82, 2.24) is 5.43 Å². The smallest absolute Gasteiger partial charge is 0.356 e. The monoisotopic (exact) mass is 497 g/mol. The molecule has 0 bridgehead atoms. The van der Waals surface area contributed by atoms with Crippen molar-refractivity contribution >= 4 is 23.8 Å². The molecule has 0 radical (unpaired) electrons. The van der Waals surface area contributed by atoms with E-state index in [9.17, 15) is 9.59 Å². The second-order valence-corrected chi connectivity index (χ2v) is 7.87. The number of nitrogens with one attached hydrogen (secondary N) is 1. The Hall–Kier alpha value is -4.28. The van der Waals surface area contributed by atoms with Crippen LogP contribution in [0.4, 0.5) is 0 Å². The van der Waals surface area contributed by atoms with E-state index in [1.54, 1.807) is 6.92 Å². The number of hydrazone groups is 1. The molecule has 0 spiro atoms. The highest BCUT2D eigenvalue weighted by atomic mass is 16.7. The number of nitrogens with zero attached hydrogens (tertiary/aromatic N) is 2. The van der Waals surface area contributed by atoms with Gasteiger partial charge < -0.3 is 28.5 Å². The number of carbonyl (C=O) groups is 2. The second-order valence-electron chi connectivity index (χ2n) is 7.87. The third-order valence-corrected chi connectivity index (χ3v) is 5.54. The number of fused-ring (bicyclic) bond motifs is 1. The van der Waals surface area contributed by atoms with Gasteiger partial charge in [0.15, 0.2) is 17.2 Å².